The van der Waals surface area contributed by atoms with E-state index >= 15 is 0 Å². The second-order valence-corrected chi connectivity index (χ2v) is 3.15. The average Bonchev–Trinajstić information content (AvgIpc) is 1.85. The molecule has 1 rings (SSSR count). The molecule has 0 aliphatic heterocycles. The van der Waals surface area contributed by atoms with Crippen LogP contribution in [0, 0.1) is 0 Å². The van der Waals surface area contributed by atoms with Crippen LogP contribution in [0.1, 0.15) is 19.3 Å². The second kappa shape index (κ2) is 4.70. The summed E-state index contributed by atoms with van der Waals surface area (Å²) < 4.78 is 4.80. The van der Waals surface area contributed by atoms with Crippen molar-refractivity contribution in [3.05, 3.63) is 0 Å². The van der Waals surface area contributed by atoms with Gasteiger partial charge in [0.2, 0.25) is 0 Å². The van der Waals surface area contributed by atoms with Crippen molar-refractivity contribution in [2.24, 2.45) is 0 Å². The van der Waals surface area contributed by atoms with Gasteiger partial charge >= 0.3 is 0 Å². The zero-order valence-corrected chi connectivity index (χ0v) is 7.05. The van der Waals surface area contributed by atoms with Crippen molar-refractivity contribution in [2.75, 3.05) is 20.3 Å². The summed E-state index contributed by atoms with van der Waals surface area (Å²) in [6.07, 6.45) is 3.51. The van der Waals surface area contributed by atoms with Crippen molar-refractivity contribution in [1.29, 1.82) is 0 Å². The van der Waals surface area contributed by atoms with Crippen LogP contribution >= 0.6 is 0 Å². The van der Waals surface area contributed by atoms with Gasteiger partial charge in [0.15, 0.2) is 0 Å². The zero-order chi connectivity index (χ0) is 8.10. The molecule has 0 saturated heterocycles. The van der Waals surface area contributed by atoms with Gasteiger partial charge in [-0.15, -0.1) is 0 Å². The Balaban J connectivity index is 1.92. The summed E-state index contributed by atoms with van der Waals surface area (Å²) in [4.78, 5) is 0. The van der Waals surface area contributed by atoms with Gasteiger partial charge in [0.1, 0.15) is 0 Å². The van der Waals surface area contributed by atoms with Crippen molar-refractivity contribution in [1.82, 2.24) is 5.32 Å². The lowest BCUT2D eigenvalue weighted by Gasteiger charge is -2.27. The van der Waals surface area contributed by atoms with Crippen molar-refractivity contribution in [3.8, 4) is 0 Å². The summed E-state index contributed by atoms with van der Waals surface area (Å²) in [6.45, 7) is 1.10. The third-order valence-corrected chi connectivity index (χ3v) is 2.11. The van der Waals surface area contributed by atoms with E-state index in [0.29, 0.717) is 19.2 Å². The Morgan fingerprint density at radius 2 is 2.36 bits per heavy atom. The molecule has 1 saturated carbocycles. The quantitative estimate of drug-likeness (QED) is 0.599. The number of hydrogen-bond donors (Lipinski definition) is 2. The Labute approximate surface area is 67.7 Å². The molecule has 0 heterocycles. The zero-order valence-electron chi connectivity index (χ0n) is 7.05. The second-order valence-electron chi connectivity index (χ2n) is 3.15. The number of methoxy groups -OCH3 is 1. The van der Waals surface area contributed by atoms with Gasteiger partial charge < -0.3 is 15.2 Å². The van der Waals surface area contributed by atoms with E-state index < -0.39 is 0 Å². The molecular weight excluding hydrogens is 142 g/mol. The lowest BCUT2D eigenvalue weighted by Crippen LogP contribution is -2.40. The standard InChI is InChI=1S/C8H17NO2/c1-11-6-8(10)5-9-7-3-2-4-7/h7-10H,2-6H2,1H3. The first-order valence-corrected chi connectivity index (χ1v) is 4.23. The molecule has 1 atom stereocenters. The summed E-state index contributed by atoms with van der Waals surface area (Å²) >= 11 is 0. The van der Waals surface area contributed by atoms with Gasteiger partial charge in [0.05, 0.1) is 12.7 Å². The van der Waals surface area contributed by atoms with Crippen LogP contribution in [0.4, 0.5) is 0 Å². The largest absolute Gasteiger partial charge is 0.389 e. The van der Waals surface area contributed by atoms with Crippen molar-refractivity contribution < 1.29 is 9.84 Å². The Morgan fingerprint density at radius 1 is 1.64 bits per heavy atom. The van der Waals surface area contributed by atoms with E-state index in [1.54, 1.807) is 7.11 Å². The van der Waals surface area contributed by atoms with Crippen molar-refractivity contribution in [3.63, 3.8) is 0 Å². The van der Waals surface area contributed by atoms with Gasteiger partial charge in [-0.25, -0.2) is 0 Å². The highest BCUT2D eigenvalue weighted by molar-refractivity contribution is 4.77. The predicted octanol–water partition coefficient (Wildman–Crippen LogP) is 0.136. The number of hydrogen-bond acceptors (Lipinski definition) is 3. The van der Waals surface area contributed by atoms with E-state index in [0.717, 1.165) is 0 Å². The Bertz CT molecular complexity index is 104. The average molecular weight is 159 g/mol. The van der Waals surface area contributed by atoms with Crippen LogP contribution in [0.3, 0.4) is 0 Å². The van der Waals surface area contributed by atoms with Crippen molar-refractivity contribution in [2.45, 2.75) is 31.4 Å². The van der Waals surface area contributed by atoms with Gasteiger partial charge in [0, 0.05) is 19.7 Å². The van der Waals surface area contributed by atoms with Crippen LogP contribution < -0.4 is 5.32 Å². The Morgan fingerprint density at radius 3 is 2.82 bits per heavy atom. The van der Waals surface area contributed by atoms with E-state index in [1.165, 1.54) is 19.3 Å². The van der Waals surface area contributed by atoms with E-state index in [4.69, 9.17) is 4.74 Å². The van der Waals surface area contributed by atoms with Gasteiger partial charge in [-0.1, -0.05) is 6.42 Å². The first-order chi connectivity index (χ1) is 5.33. The van der Waals surface area contributed by atoms with Crippen LogP contribution in [0.25, 0.3) is 0 Å². The number of ether oxygens (including phenoxy) is 1. The van der Waals surface area contributed by atoms with E-state index in [1.807, 2.05) is 0 Å². The molecule has 0 aromatic carbocycles. The summed E-state index contributed by atoms with van der Waals surface area (Å²) in [5.74, 6) is 0. The molecule has 1 aliphatic carbocycles. The summed E-state index contributed by atoms with van der Waals surface area (Å²) in [5.41, 5.74) is 0. The maximum Gasteiger partial charge on any atom is 0.0897 e. The van der Waals surface area contributed by atoms with Crippen LogP contribution in [0.2, 0.25) is 0 Å². The molecule has 0 aromatic rings. The summed E-state index contributed by atoms with van der Waals surface area (Å²) in [5, 5.41) is 12.5. The molecule has 3 nitrogen and oxygen atoms in total. The highest BCUT2D eigenvalue weighted by Crippen LogP contribution is 2.17. The van der Waals surface area contributed by atoms with Gasteiger partial charge in [0.25, 0.3) is 0 Å². The highest BCUT2D eigenvalue weighted by Gasteiger charge is 2.17. The molecular formula is C8H17NO2. The fourth-order valence-corrected chi connectivity index (χ4v) is 1.17. The van der Waals surface area contributed by atoms with Gasteiger partial charge in [-0.2, -0.15) is 0 Å². The van der Waals surface area contributed by atoms with Crippen LogP contribution in [-0.2, 0) is 4.74 Å². The fourth-order valence-electron chi connectivity index (χ4n) is 1.17. The smallest absolute Gasteiger partial charge is 0.0897 e. The maximum atomic E-state index is 9.23. The molecule has 11 heavy (non-hydrogen) atoms. The number of aliphatic hydroxyl groups is 1. The first-order valence-electron chi connectivity index (χ1n) is 4.23. The van der Waals surface area contributed by atoms with E-state index in [9.17, 15) is 5.11 Å². The SMILES string of the molecule is COCC(O)CNC1CCC1. The topological polar surface area (TPSA) is 41.5 Å². The number of aliphatic hydroxyl groups excluding tert-OH is 1. The first kappa shape index (κ1) is 8.97. The monoisotopic (exact) mass is 159 g/mol. The Kier molecular flexibility index (Phi) is 3.83. The number of nitrogens with one attached hydrogen (secondary N) is 1. The minimum absolute atomic E-state index is 0.347. The third kappa shape index (κ3) is 3.18. The molecule has 3 heteroatoms. The molecule has 0 radical (unpaired) electrons. The molecule has 1 unspecified atom stereocenters. The highest BCUT2D eigenvalue weighted by atomic mass is 16.5. The predicted molar refractivity (Wildman–Crippen MR) is 43.5 cm³/mol. The lowest BCUT2D eigenvalue weighted by molar-refractivity contribution is 0.0605. The third-order valence-electron chi connectivity index (χ3n) is 2.11. The molecule has 0 spiro atoms. The lowest BCUT2D eigenvalue weighted by atomic mass is 9.93. The molecule has 0 aromatic heterocycles. The van der Waals surface area contributed by atoms with Crippen LogP contribution in [-0.4, -0.2) is 37.5 Å². The Hall–Kier alpha value is -0.120. The maximum absolute atomic E-state index is 9.23. The van der Waals surface area contributed by atoms with Gasteiger partial charge in [-0.05, 0) is 12.8 Å². The van der Waals surface area contributed by atoms with Gasteiger partial charge in [-0.3, -0.25) is 0 Å². The minimum Gasteiger partial charge on any atom is -0.389 e. The molecule has 0 bridgehead atoms. The summed E-state index contributed by atoms with van der Waals surface area (Å²) in [7, 11) is 1.60. The molecule has 0 amide bonds. The van der Waals surface area contributed by atoms with Crippen LogP contribution in [0.5, 0.6) is 0 Å². The molecule has 2 N–H and O–H groups in total. The number of rotatable bonds is 5. The fraction of sp³-hybridized carbons (Fsp3) is 1.00. The van der Waals surface area contributed by atoms with E-state index in [-0.39, 0.29) is 6.10 Å². The minimum atomic E-state index is -0.347. The molecule has 1 fully saturated rings. The van der Waals surface area contributed by atoms with Crippen molar-refractivity contribution >= 4 is 0 Å². The normalized spacial score (nSPS) is 21.3. The molecule has 66 valence electrons. The van der Waals surface area contributed by atoms with Crippen LogP contribution in [0.15, 0.2) is 0 Å². The van der Waals surface area contributed by atoms with E-state index in [2.05, 4.69) is 5.32 Å². The molecule has 1 aliphatic rings. The summed E-state index contributed by atoms with van der Waals surface area (Å²) in [6, 6.07) is 0.654.